The molecule has 76 heavy (non-hydrogen) atoms. The zero-order valence-electron chi connectivity index (χ0n) is 45.5. The summed E-state index contributed by atoms with van der Waals surface area (Å²) >= 11 is 0. The van der Waals surface area contributed by atoms with E-state index in [2.05, 4.69) is 32.4 Å². The van der Waals surface area contributed by atoms with E-state index in [4.69, 9.17) is 4.42 Å². The molecule has 4 N–H and O–H groups in total. The van der Waals surface area contributed by atoms with Crippen molar-refractivity contribution in [3.63, 3.8) is 0 Å². The number of carbonyl (C=O) groups is 7. The molecule has 2 aliphatic heterocycles. The number of likely N-dealkylation sites (N-methyl/N-ethyl adjacent to an activating group) is 2. The molecule has 7 atom stereocenters. The van der Waals surface area contributed by atoms with Crippen LogP contribution in [0.25, 0.3) is 21.9 Å². The second-order valence-electron chi connectivity index (χ2n) is 21.9. The topological polar surface area (TPSA) is 195 Å². The number of rotatable bonds is 12. The number of nitrogens with zero attached hydrogens (tertiary/aromatic N) is 4. The van der Waals surface area contributed by atoms with Crippen LogP contribution in [-0.2, 0) is 58.4 Å². The summed E-state index contributed by atoms with van der Waals surface area (Å²) in [5.74, 6) is -4.31. The number of carbonyl (C=O) groups excluding carboxylic acids is 7. The van der Waals surface area contributed by atoms with Gasteiger partial charge in [-0.25, -0.2) is 0 Å². The van der Waals surface area contributed by atoms with Crippen LogP contribution in [0.1, 0.15) is 90.8 Å². The van der Waals surface area contributed by atoms with Crippen molar-refractivity contribution >= 4 is 63.2 Å². The number of hydrogen-bond donors (Lipinski definition) is 4. The summed E-state index contributed by atoms with van der Waals surface area (Å²) in [5.41, 5.74) is 3.15. The van der Waals surface area contributed by atoms with Gasteiger partial charge in [0.2, 0.25) is 41.4 Å². The molecular formula is C60H76N8O8. The maximum absolute atomic E-state index is 15.5. The molecule has 7 amide bonds. The molecule has 404 valence electrons. The lowest BCUT2D eigenvalue weighted by Crippen LogP contribution is -2.61. The van der Waals surface area contributed by atoms with E-state index in [1.54, 1.807) is 24.5 Å². The Hall–Kier alpha value is -7.49. The smallest absolute Gasteiger partial charge is 0.246 e. The first-order valence-electron chi connectivity index (χ1n) is 26.6. The molecule has 0 saturated carbocycles. The van der Waals surface area contributed by atoms with Crippen molar-refractivity contribution in [1.82, 2.24) is 40.5 Å². The molecule has 2 aliphatic rings. The lowest BCUT2D eigenvalue weighted by molar-refractivity contribution is -0.150. The van der Waals surface area contributed by atoms with Crippen molar-refractivity contribution in [3.05, 3.63) is 133 Å². The monoisotopic (exact) mass is 1040 g/mol. The first-order valence-corrected chi connectivity index (χ1v) is 26.6. The highest BCUT2D eigenvalue weighted by Gasteiger charge is 2.41. The normalized spacial score (nSPS) is 23.7. The summed E-state index contributed by atoms with van der Waals surface area (Å²) in [4.78, 5) is 109. The van der Waals surface area contributed by atoms with Gasteiger partial charge >= 0.3 is 0 Å². The highest BCUT2D eigenvalue weighted by Crippen LogP contribution is 2.30. The third-order valence-electron chi connectivity index (χ3n) is 14.8. The fourth-order valence-electron chi connectivity index (χ4n) is 10.4. The fraction of sp³-hybridized carbons (Fsp3) is 0.450. The van der Waals surface area contributed by atoms with Crippen molar-refractivity contribution in [1.29, 1.82) is 0 Å². The number of para-hydroxylation sites is 1. The summed E-state index contributed by atoms with van der Waals surface area (Å²) in [7, 11) is 3.03. The van der Waals surface area contributed by atoms with E-state index in [1.807, 2.05) is 127 Å². The van der Waals surface area contributed by atoms with Gasteiger partial charge in [0.1, 0.15) is 47.9 Å². The fourth-order valence-corrected chi connectivity index (χ4v) is 10.4. The highest BCUT2D eigenvalue weighted by atomic mass is 16.3. The van der Waals surface area contributed by atoms with Gasteiger partial charge < -0.3 is 45.0 Å². The molecule has 7 rings (SSSR count). The maximum Gasteiger partial charge on any atom is 0.246 e. The Morgan fingerprint density at radius 1 is 0.671 bits per heavy atom. The van der Waals surface area contributed by atoms with Gasteiger partial charge in [0.05, 0.1) is 11.8 Å². The van der Waals surface area contributed by atoms with Crippen LogP contribution in [0.15, 0.2) is 121 Å². The average molecular weight is 1040 g/mol. The first-order chi connectivity index (χ1) is 36.2. The van der Waals surface area contributed by atoms with Crippen LogP contribution in [-0.4, -0.2) is 124 Å². The number of aromatic nitrogens is 1. The summed E-state index contributed by atoms with van der Waals surface area (Å²) in [6.07, 6.45) is 10.2. The van der Waals surface area contributed by atoms with Crippen molar-refractivity contribution in [3.8, 4) is 0 Å². The molecule has 0 unspecified atom stereocenters. The minimum Gasteiger partial charge on any atom is -0.464 e. The molecule has 4 heterocycles. The van der Waals surface area contributed by atoms with Crippen LogP contribution < -0.4 is 21.3 Å². The lowest BCUT2D eigenvalue weighted by Gasteiger charge is -2.38. The van der Waals surface area contributed by atoms with Crippen molar-refractivity contribution in [2.75, 3.05) is 20.6 Å². The van der Waals surface area contributed by atoms with Gasteiger partial charge in [-0.05, 0) is 99.2 Å². The lowest BCUT2D eigenvalue weighted by atomic mass is 9.97. The number of benzene rings is 3. The van der Waals surface area contributed by atoms with Crippen LogP contribution in [0, 0.1) is 11.8 Å². The molecule has 2 bridgehead atoms. The Labute approximate surface area is 446 Å². The third-order valence-corrected chi connectivity index (χ3v) is 14.8. The number of furan rings is 1. The second kappa shape index (κ2) is 24.5. The predicted molar refractivity (Wildman–Crippen MR) is 295 cm³/mol. The van der Waals surface area contributed by atoms with Crippen LogP contribution >= 0.6 is 0 Å². The van der Waals surface area contributed by atoms with Gasteiger partial charge in [0, 0.05) is 62.4 Å². The Morgan fingerprint density at radius 3 is 1.97 bits per heavy atom. The minimum atomic E-state index is -1.28. The summed E-state index contributed by atoms with van der Waals surface area (Å²) < 4.78 is 7.65. The molecule has 0 spiro atoms. The van der Waals surface area contributed by atoms with E-state index in [0.717, 1.165) is 27.4 Å². The molecule has 0 radical (unpaired) electrons. The van der Waals surface area contributed by atoms with Gasteiger partial charge in [0.15, 0.2) is 0 Å². The molecule has 16 heteroatoms. The van der Waals surface area contributed by atoms with Crippen molar-refractivity contribution in [2.45, 2.75) is 141 Å². The number of amides is 7. The Bertz CT molecular complexity index is 2960. The number of nitrogens with one attached hydrogen (secondary N) is 4. The Balaban J connectivity index is 1.37. The Kier molecular flexibility index (Phi) is 18.1. The van der Waals surface area contributed by atoms with E-state index in [0.29, 0.717) is 17.6 Å². The van der Waals surface area contributed by atoms with E-state index in [9.17, 15) is 14.4 Å². The molecule has 5 aromatic rings. The quantitative estimate of drug-likeness (QED) is 0.100. The molecule has 0 aliphatic carbocycles. The van der Waals surface area contributed by atoms with E-state index >= 15 is 19.2 Å². The average Bonchev–Trinajstić information content (AvgIpc) is 4.02. The standard InChI is InChI=1S/C60H76N8O8/c1-11-60(7,8)68-36-43(44-22-17-18-23-48(44)68)35-47-58(74)66(10)50(30-37(2)3)55(71)62-46(34-41-25-26-52-42(32-41)27-29-76-52)53(69)61-39(6)57(73)65(9)49-24-16-13-19-28-67(59(49)75)51(31-38(4)5)56(72)63-45(54(70)64-47)33-40-20-14-12-15-21-40/h11-18,20-23,25-27,29,32,36-39,45-47,49-51H,1,19,24,28,30-31,33-35H2,2-10H3,(H,61,69)(H,62,71)(H,63,72)(H,64,70)/b16-13-/t39-,45-,46-,47-,49-,50-,51-/m0/s1. The molecule has 3 aromatic carbocycles. The molecule has 16 nitrogen and oxygen atoms in total. The number of hydrogen-bond acceptors (Lipinski definition) is 8. The second-order valence-corrected chi connectivity index (χ2v) is 21.9. The number of fused-ring (bicyclic) bond motifs is 4. The van der Waals surface area contributed by atoms with Crippen LogP contribution in [0.4, 0.5) is 0 Å². The van der Waals surface area contributed by atoms with E-state index in [-0.39, 0.29) is 56.9 Å². The minimum absolute atomic E-state index is 0.00718. The van der Waals surface area contributed by atoms with Gasteiger partial charge in [-0.15, -0.1) is 6.58 Å². The van der Waals surface area contributed by atoms with Gasteiger partial charge in [0.25, 0.3) is 0 Å². The molecule has 2 aromatic heterocycles. The molecule has 1 fully saturated rings. The summed E-state index contributed by atoms with van der Waals surface area (Å²) in [5, 5.41) is 13.6. The number of allylic oxidation sites excluding steroid dienone is 1. The SMILES string of the molecule is C=CC(C)(C)n1cc(C[C@@H]2NC(=O)[C@H](Cc3ccccc3)NC(=O)[C@H](CC(C)C)N3CC/C=C\C[C@@H](C3=O)N(C)C(=O)[C@H](C)NC(=O)[C@H](Cc3ccc4occc4c3)NC(=O)[C@H](CC(C)C)N(C)C2=O)c2ccccc21. The van der Waals surface area contributed by atoms with Crippen LogP contribution in [0.3, 0.4) is 0 Å². The Morgan fingerprint density at radius 2 is 1.29 bits per heavy atom. The highest BCUT2D eigenvalue weighted by molar-refractivity contribution is 5.99. The third kappa shape index (κ3) is 13.1. The largest absolute Gasteiger partial charge is 0.464 e. The zero-order chi connectivity index (χ0) is 55.0. The first kappa shape index (κ1) is 56.2. The van der Waals surface area contributed by atoms with Gasteiger partial charge in [-0.2, -0.15) is 0 Å². The zero-order valence-corrected chi connectivity index (χ0v) is 45.5. The van der Waals surface area contributed by atoms with Crippen LogP contribution in [0.5, 0.6) is 0 Å². The van der Waals surface area contributed by atoms with Crippen LogP contribution in [0.2, 0.25) is 0 Å². The summed E-state index contributed by atoms with van der Waals surface area (Å²) in [6.45, 7) is 17.6. The maximum atomic E-state index is 15.5. The van der Waals surface area contributed by atoms with Gasteiger partial charge in [-0.1, -0.05) is 101 Å². The van der Waals surface area contributed by atoms with Gasteiger partial charge in [-0.3, -0.25) is 33.6 Å². The molecular weight excluding hydrogens is 961 g/mol. The van der Waals surface area contributed by atoms with Crippen molar-refractivity contribution in [2.24, 2.45) is 11.8 Å². The predicted octanol–water partition coefficient (Wildman–Crippen LogP) is 6.60. The van der Waals surface area contributed by atoms with Crippen molar-refractivity contribution < 1.29 is 38.0 Å². The molecule has 1 saturated heterocycles. The van der Waals surface area contributed by atoms with E-state index in [1.165, 1.54) is 35.7 Å². The summed E-state index contributed by atoms with van der Waals surface area (Å²) in [6, 6.07) is 16.1. The van der Waals surface area contributed by atoms with E-state index < -0.39 is 89.2 Å².